The van der Waals surface area contributed by atoms with Crippen molar-refractivity contribution in [2.24, 2.45) is 0 Å². The fourth-order valence-corrected chi connectivity index (χ4v) is 4.83. The van der Waals surface area contributed by atoms with Crippen LogP contribution < -0.4 is 9.47 Å². The maximum Gasteiger partial charge on any atom is 0.131 e. The van der Waals surface area contributed by atoms with Crippen LogP contribution in [0.25, 0.3) is 32.3 Å². The molecule has 1 aromatic heterocycles. The molecular weight excluding hydrogens is 430 g/mol. The number of hydrogen-bond donors (Lipinski definition) is 0. The molecule has 1 heterocycles. The number of rotatable bonds is 2. The quantitative estimate of drug-likeness (QED) is 0.256. The van der Waals surface area contributed by atoms with Gasteiger partial charge in [-0.05, 0) is 81.9 Å². The monoisotopic (exact) mass is 457 g/mol. The van der Waals surface area contributed by atoms with Gasteiger partial charge in [0.25, 0.3) is 0 Å². The summed E-state index contributed by atoms with van der Waals surface area (Å²) in [5.74, 6) is 1.77. The minimum absolute atomic E-state index is 0. The van der Waals surface area contributed by atoms with Crippen LogP contribution >= 0.6 is 12.4 Å². The minimum Gasteiger partial charge on any atom is -0.496 e. The Morgan fingerprint density at radius 2 is 1.48 bits per heavy atom. The third-order valence-corrected chi connectivity index (χ3v) is 6.40. The molecule has 0 fully saturated rings. The highest BCUT2D eigenvalue weighted by Crippen LogP contribution is 2.41. The Morgan fingerprint density at radius 3 is 2.27 bits per heavy atom. The maximum absolute atomic E-state index is 5.69. The standard InChI is InChI=1S/C20H20O2.C9H7N.ClH/c1-21-18-9-5-8-16-15-11-10-13-6-3-4-7-14(13)17(15)12-19(22-2)20(16)18;1-2-4-9-7-10-6-5-8(9)3-1;/h5,8-12H,3-4,6-7H2,1-2H3;1-7H;1H. The molecule has 0 spiro atoms. The number of aromatic nitrogens is 1. The van der Waals surface area contributed by atoms with Crippen molar-refractivity contribution in [1.29, 1.82) is 0 Å². The molecule has 4 aromatic carbocycles. The summed E-state index contributed by atoms with van der Waals surface area (Å²) in [6, 6.07) is 23.2. The Hall–Kier alpha value is -3.30. The zero-order chi connectivity index (χ0) is 21.9. The van der Waals surface area contributed by atoms with Gasteiger partial charge in [-0.1, -0.05) is 48.5 Å². The van der Waals surface area contributed by atoms with Crippen molar-refractivity contribution >= 4 is 44.7 Å². The Labute approximate surface area is 200 Å². The first-order valence-corrected chi connectivity index (χ1v) is 11.2. The molecule has 0 bridgehead atoms. The van der Waals surface area contributed by atoms with Gasteiger partial charge in [0.15, 0.2) is 0 Å². The van der Waals surface area contributed by atoms with Crippen molar-refractivity contribution < 1.29 is 9.47 Å². The van der Waals surface area contributed by atoms with Crippen LogP contribution in [0.15, 0.2) is 79.1 Å². The fourth-order valence-electron chi connectivity index (χ4n) is 4.83. The number of hydrogen-bond acceptors (Lipinski definition) is 3. The summed E-state index contributed by atoms with van der Waals surface area (Å²) in [5.41, 5.74) is 3.01. The van der Waals surface area contributed by atoms with Crippen LogP contribution in [0.5, 0.6) is 11.5 Å². The van der Waals surface area contributed by atoms with Crippen LogP contribution in [-0.2, 0) is 12.8 Å². The maximum atomic E-state index is 5.69. The first kappa shape index (κ1) is 22.9. The van der Waals surface area contributed by atoms with E-state index in [9.17, 15) is 0 Å². The van der Waals surface area contributed by atoms with Crippen LogP contribution in [0.2, 0.25) is 0 Å². The average Bonchev–Trinajstić information content (AvgIpc) is 2.88. The van der Waals surface area contributed by atoms with E-state index in [0.717, 1.165) is 16.9 Å². The Kier molecular flexibility index (Phi) is 7.00. The SMILES string of the molecule is COc1cccc2c1c(OC)cc1c3c(ccc12)CCCC3.Cl.c1ccc2cnccc2c1. The number of pyridine rings is 1. The van der Waals surface area contributed by atoms with E-state index < -0.39 is 0 Å². The van der Waals surface area contributed by atoms with Gasteiger partial charge in [0, 0.05) is 12.4 Å². The topological polar surface area (TPSA) is 31.4 Å². The summed E-state index contributed by atoms with van der Waals surface area (Å²) in [6.07, 6.45) is 8.63. The van der Waals surface area contributed by atoms with E-state index in [0.29, 0.717) is 0 Å². The first-order valence-electron chi connectivity index (χ1n) is 11.2. The molecule has 0 radical (unpaired) electrons. The molecule has 0 atom stereocenters. The van der Waals surface area contributed by atoms with Crippen molar-refractivity contribution in [3.63, 3.8) is 0 Å². The van der Waals surface area contributed by atoms with Crippen molar-refractivity contribution in [1.82, 2.24) is 4.98 Å². The van der Waals surface area contributed by atoms with E-state index in [2.05, 4.69) is 47.4 Å². The van der Waals surface area contributed by atoms with Gasteiger partial charge in [-0.25, -0.2) is 0 Å². The van der Waals surface area contributed by atoms with E-state index >= 15 is 0 Å². The first-order chi connectivity index (χ1) is 15.8. The molecule has 4 heteroatoms. The van der Waals surface area contributed by atoms with Crippen LogP contribution in [0.4, 0.5) is 0 Å². The van der Waals surface area contributed by atoms with Gasteiger partial charge in [-0.15, -0.1) is 12.4 Å². The second kappa shape index (κ2) is 10.1. The highest BCUT2D eigenvalue weighted by molar-refractivity contribution is 6.13. The van der Waals surface area contributed by atoms with Crippen LogP contribution in [0.3, 0.4) is 0 Å². The third-order valence-electron chi connectivity index (χ3n) is 6.40. The van der Waals surface area contributed by atoms with Gasteiger partial charge in [0.2, 0.25) is 0 Å². The zero-order valence-corrected chi connectivity index (χ0v) is 19.8. The predicted molar refractivity (Wildman–Crippen MR) is 140 cm³/mol. The predicted octanol–water partition coefficient (Wildman–Crippen LogP) is 7.55. The Bertz CT molecular complexity index is 1350. The van der Waals surface area contributed by atoms with E-state index in [-0.39, 0.29) is 12.4 Å². The molecule has 1 aliphatic rings. The highest BCUT2D eigenvalue weighted by atomic mass is 35.5. The summed E-state index contributed by atoms with van der Waals surface area (Å²) in [7, 11) is 3.45. The van der Waals surface area contributed by atoms with Gasteiger partial charge in [0.05, 0.1) is 19.6 Å². The van der Waals surface area contributed by atoms with E-state index in [4.69, 9.17) is 9.47 Å². The molecule has 0 unspecified atom stereocenters. The Morgan fingerprint density at radius 1 is 0.697 bits per heavy atom. The van der Waals surface area contributed by atoms with E-state index in [1.165, 1.54) is 63.7 Å². The average molecular weight is 458 g/mol. The summed E-state index contributed by atoms with van der Waals surface area (Å²) in [4.78, 5) is 4.01. The lowest BCUT2D eigenvalue weighted by atomic mass is 9.86. The smallest absolute Gasteiger partial charge is 0.131 e. The van der Waals surface area contributed by atoms with Crippen molar-refractivity contribution in [2.75, 3.05) is 14.2 Å². The van der Waals surface area contributed by atoms with Crippen molar-refractivity contribution in [3.8, 4) is 11.5 Å². The number of nitrogens with zero attached hydrogens (tertiary/aromatic N) is 1. The van der Waals surface area contributed by atoms with Gasteiger partial charge >= 0.3 is 0 Å². The molecule has 1 aliphatic carbocycles. The molecule has 0 saturated heterocycles. The van der Waals surface area contributed by atoms with Crippen molar-refractivity contribution in [3.05, 3.63) is 90.3 Å². The lowest BCUT2D eigenvalue weighted by Crippen LogP contribution is -2.03. The zero-order valence-electron chi connectivity index (χ0n) is 19.0. The molecule has 33 heavy (non-hydrogen) atoms. The van der Waals surface area contributed by atoms with Crippen LogP contribution in [0.1, 0.15) is 24.0 Å². The molecule has 6 rings (SSSR count). The lowest BCUT2D eigenvalue weighted by Gasteiger charge is -2.20. The lowest BCUT2D eigenvalue weighted by molar-refractivity contribution is 0.405. The molecule has 0 amide bonds. The van der Waals surface area contributed by atoms with Gasteiger partial charge in [-0.3, -0.25) is 4.98 Å². The summed E-state index contributed by atoms with van der Waals surface area (Å²) < 4.78 is 11.2. The number of aryl methyl sites for hydroxylation is 2. The number of benzene rings is 4. The highest BCUT2D eigenvalue weighted by Gasteiger charge is 2.17. The number of methoxy groups -OCH3 is 2. The molecule has 0 N–H and O–H groups in total. The largest absolute Gasteiger partial charge is 0.496 e. The normalized spacial score (nSPS) is 12.4. The second-order valence-corrected chi connectivity index (χ2v) is 8.19. The number of fused-ring (bicyclic) bond motifs is 6. The van der Waals surface area contributed by atoms with E-state index in [1.807, 2.05) is 36.7 Å². The summed E-state index contributed by atoms with van der Waals surface area (Å²) in [6.45, 7) is 0. The molecule has 0 aliphatic heterocycles. The molecule has 5 aromatic rings. The minimum atomic E-state index is 0. The van der Waals surface area contributed by atoms with Gasteiger partial charge in [0.1, 0.15) is 11.5 Å². The second-order valence-electron chi connectivity index (χ2n) is 8.19. The Balaban J connectivity index is 0.000000198. The summed E-state index contributed by atoms with van der Waals surface area (Å²) in [5, 5.41) is 7.37. The molecule has 3 nitrogen and oxygen atoms in total. The van der Waals surface area contributed by atoms with Crippen LogP contribution in [0, 0.1) is 0 Å². The van der Waals surface area contributed by atoms with Crippen LogP contribution in [-0.4, -0.2) is 19.2 Å². The number of halogens is 1. The fraction of sp³-hybridized carbons (Fsp3) is 0.207. The van der Waals surface area contributed by atoms with Gasteiger partial charge in [-0.2, -0.15) is 0 Å². The molecule has 168 valence electrons. The molecule has 0 saturated carbocycles. The third kappa shape index (κ3) is 4.34. The van der Waals surface area contributed by atoms with Gasteiger partial charge < -0.3 is 9.47 Å². The molecular formula is C29H28ClNO2. The summed E-state index contributed by atoms with van der Waals surface area (Å²) >= 11 is 0. The number of ether oxygens (including phenoxy) is 2. The van der Waals surface area contributed by atoms with Crippen molar-refractivity contribution in [2.45, 2.75) is 25.7 Å². The van der Waals surface area contributed by atoms with E-state index in [1.54, 1.807) is 14.2 Å².